The van der Waals surface area contributed by atoms with Gasteiger partial charge in [-0.2, -0.15) is 52.7 Å². The first-order chi connectivity index (χ1) is 59.6. The number of aromatic hydroxyl groups is 2. The largest absolute Gasteiger partial charge is 0.507 e. The van der Waals surface area contributed by atoms with Gasteiger partial charge in [0.2, 0.25) is 0 Å². The van der Waals surface area contributed by atoms with Crippen LogP contribution in [-0.2, 0) is 24.7 Å². The second kappa shape index (κ2) is 47.5. The highest BCUT2D eigenvalue weighted by molar-refractivity contribution is 7.16. The Kier molecular flexibility index (Phi) is 39.9. The number of carbonyl (C=O) groups is 8. The predicted molar refractivity (Wildman–Crippen MR) is 468 cm³/mol. The van der Waals surface area contributed by atoms with Gasteiger partial charge in [0.1, 0.15) is 96.4 Å². The molecule has 130 heavy (non-hydrogen) atoms. The normalized spacial score (nSPS) is 11.9. The van der Waals surface area contributed by atoms with Crippen LogP contribution in [0.4, 0.5) is 81.6 Å². The Bertz CT molecular complexity index is 6020. The number of aliphatic imine (C=N–C) groups is 1. The fourth-order valence-corrected chi connectivity index (χ4v) is 14.2. The molecular formula is C75H61Cl7F12N18O13S5. The molecule has 0 saturated heterocycles. The Labute approximate surface area is 779 Å². The number of phenols is 2. The number of alkyl halides is 12. The molecule has 3 atom stereocenters. The van der Waals surface area contributed by atoms with Crippen LogP contribution < -0.4 is 44.6 Å². The number of thiazole rings is 5. The number of Topliss-reactive ketones (excluding diaryl/α,β-unsaturated/α-hetero) is 1. The molecule has 5 amide bonds. The second-order valence-electron chi connectivity index (χ2n) is 25.0. The Morgan fingerprint density at radius 1 is 0.400 bits per heavy atom. The van der Waals surface area contributed by atoms with Crippen LogP contribution in [-0.4, -0.2) is 123 Å². The Morgan fingerprint density at radius 3 is 1.08 bits per heavy atom. The number of nitrogens with two attached hydrogens (primary N) is 1. The number of aromatic nitrogens is 9. The smallest absolute Gasteiger partial charge is 0.418 e. The van der Waals surface area contributed by atoms with Gasteiger partial charge in [0.25, 0.3) is 29.5 Å². The summed E-state index contributed by atoms with van der Waals surface area (Å²) < 4.78 is 154. The summed E-state index contributed by atoms with van der Waals surface area (Å²) in [6.45, 7) is 9.83. The highest BCUT2D eigenvalue weighted by Gasteiger charge is 2.38. The summed E-state index contributed by atoms with van der Waals surface area (Å²) in [5, 5.41) is 57.1. The predicted octanol–water partition coefficient (Wildman–Crippen LogP) is 22.2. The first-order valence-electron chi connectivity index (χ1n) is 34.5. The van der Waals surface area contributed by atoms with Gasteiger partial charge in [-0.05, 0) is 119 Å². The van der Waals surface area contributed by atoms with Crippen LogP contribution in [0.2, 0.25) is 35.2 Å². The average molecular weight is 2060 g/mol. The number of carbonyl (C=O) groups excluding carboxylic acids is 6. The van der Waals surface area contributed by atoms with Crippen molar-refractivity contribution in [1.82, 2.24) is 57.2 Å². The Morgan fingerprint density at radius 2 is 0.738 bits per heavy atom. The molecule has 2 unspecified atom stereocenters. The van der Waals surface area contributed by atoms with Crippen LogP contribution >= 0.6 is 138 Å². The fourth-order valence-electron chi connectivity index (χ4n) is 9.15. The van der Waals surface area contributed by atoms with Crippen LogP contribution in [0.5, 0.6) is 11.5 Å². The van der Waals surface area contributed by atoms with Crippen molar-refractivity contribution in [3.05, 3.63) is 258 Å². The molecule has 0 spiro atoms. The number of nitrogens with zero attached hydrogens (tertiary/aromatic N) is 10. The molecule has 12 aromatic rings. The number of anilines is 5. The molecule has 9 aromatic heterocycles. The summed E-state index contributed by atoms with van der Waals surface area (Å²) in [6.07, 6.45) is -9.74. The molecule has 18 N–H and O–H groups in total. The van der Waals surface area contributed by atoms with Gasteiger partial charge in [-0.1, -0.05) is 81.2 Å². The van der Waals surface area contributed by atoms with Crippen molar-refractivity contribution in [2.24, 2.45) is 10.7 Å². The van der Waals surface area contributed by atoms with Gasteiger partial charge in [0, 0.05) is 52.5 Å². The number of amides is 5. The van der Waals surface area contributed by atoms with E-state index in [1.54, 1.807) is 39.0 Å². The third kappa shape index (κ3) is 32.1. The van der Waals surface area contributed by atoms with Crippen molar-refractivity contribution in [3.63, 3.8) is 0 Å². The van der Waals surface area contributed by atoms with Gasteiger partial charge >= 0.3 is 36.6 Å². The topological polar surface area (TPSA) is 522 Å². The number of aryl methyl sites for hydroxylation is 1. The number of aromatic carboxylic acids is 2. The van der Waals surface area contributed by atoms with Crippen molar-refractivity contribution < 1.29 is 117 Å². The molecule has 0 fully saturated rings. The standard InChI is InChI=1S/C25H19Cl2F3N6O2S2.C12H10ClF3N4OS.C12H9ClF3N3O2S.C12H7ClF3N3O2S.2C7H5ClO3.2H3N/c1-11-6-14(4-5-16(11)26)35-21(37)18-9-32-23(39-18)12(2)34-13(3)24-33-10-19(40-24)22(38)36-20-7-15(25(28,29)30)17(27)8-31-20;1-5(17)11-19-4-8(22-11)10(21)20-9-2-6(12(14,15)16)7(13)3-18-9;2*1-5(20)11-18-4-8(22-11)10(21)19-9-2-6(12(14,15)16)7(13)3-17-9;8-4-1-2-6(9)5(3-4)7(10)11;8-4-1-2-5(7(10)11)6(9)3-4;;/h4-10,12H,1-3H3,(H,35,37)(H,31,36,38);2-5H,17H2,1H3,(H,18,20,21);2-5,20H,1H3,(H,17,19,21);2-4H,1H3,(H,17,19,21);2*1-3,9H,(H,10,11);2*1H3/t;5-;;;;;;/m.1....../s1. The zero-order valence-corrected chi connectivity index (χ0v) is 75.5. The third-order valence-electron chi connectivity index (χ3n) is 15.2. The number of benzene rings is 3. The van der Waals surface area contributed by atoms with Crippen molar-refractivity contribution in [1.29, 1.82) is 0 Å². The molecule has 0 aliphatic carbocycles. The minimum absolute atomic E-state index is 0. The summed E-state index contributed by atoms with van der Waals surface area (Å²) in [5.74, 6) is -7.40. The lowest BCUT2D eigenvalue weighted by Gasteiger charge is -2.10. The number of nitrogens with one attached hydrogen (secondary N) is 5. The second-order valence-corrected chi connectivity index (χ2v) is 33.2. The summed E-state index contributed by atoms with van der Waals surface area (Å²) in [5.41, 5.74) is 2.89. The number of pyridine rings is 4. The fraction of sp³-hybridized carbons (Fsp3) is 0.173. The summed E-state index contributed by atoms with van der Waals surface area (Å²) in [4.78, 5) is 133. The van der Waals surface area contributed by atoms with E-state index in [2.05, 4.69) is 76.4 Å². The lowest BCUT2D eigenvalue weighted by Crippen LogP contribution is -2.13. The highest BCUT2D eigenvalue weighted by atomic mass is 35.5. The van der Waals surface area contributed by atoms with Crippen molar-refractivity contribution in [3.8, 4) is 11.5 Å². The number of aliphatic hydroxyl groups excluding tert-OH is 1. The van der Waals surface area contributed by atoms with Crippen LogP contribution in [0.15, 0.2) is 140 Å². The van der Waals surface area contributed by atoms with E-state index < -0.39 is 115 Å². The summed E-state index contributed by atoms with van der Waals surface area (Å²) >= 11 is 43.9. The maximum Gasteiger partial charge on any atom is 0.418 e. The minimum atomic E-state index is -4.70. The quantitative estimate of drug-likeness (QED) is 0.0215. The van der Waals surface area contributed by atoms with Gasteiger partial charge in [-0.15, -0.1) is 56.7 Å². The Balaban J connectivity index is 0.000000291. The van der Waals surface area contributed by atoms with Crippen LogP contribution in [0.3, 0.4) is 0 Å². The highest BCUT2D eigenvalue weighted by Crippen LogP contribution is 2.41. The van der Waals surface area contributed by atoms with E-state index in [4.69, 9.17) is 107 Å². The molecule has 0 aliphatic rings. The van der Waals surface area contributed by atoms with Crippen LogP contribution in [0.1, 0.15) is 180 Å². The number of halogens is 19. The monoisotopic (exact) mass is 2050 g/mol. The number of hydrogen-bond acceptors (Lipinski definition) is 29. The minimum Gasteiger partial charge on any atom is -0.507 e. The van der Waals surface area contributed by atoms with E-state index in [9.17, 15) is 96.1 Å². The lowest BCUT2D eigenvalue weighted by molar-refractivity contribution is -0.138. The van der Waals surface area contributed by atoms with Gasteiger partial charge in [0.15, 0.2) is 10.8 Å². The van der Waals surface area contributed by atoms with Crippen LogP contribution in [0, 0.1) is 6.92 Å². The Hall–Kier alpha value is -11.3. The maximum absolute atomic E-state index is 13.1. The molecule has 0 radical (unpaired) electrons. The van der Waals surface area contributed by atoms with E-state index in [0.717, 1.165) is 81.9 Å². The van der Waals surface area contributed by atoms with E-state index in [1.165, 1.54) is 86.4 Å². The lowest BCUT2D eigenvalue weighted by atomic mass is 10.2. The first-order valence-corrected chi connectivity index (χ1v) is 41.3. The number of rotatable bonds is 18. The van der Waals surface area contributed by atoms with E-state index in [1.807, 2.05) is 6.92 Å². The van der Waals surface area contributed by atoms with Gasteiger partial charge in [-0.25, -0.2) is 54.4 Å². The molecule has 3 aromatic carbocycles. The van der Waals surface area contributed by atoms with Gasteiger partial charge < -0.3 is 70.2 Å². The van der Waals surface area contributed by atoms with Crippen molar-refractivity contribution in [2.75, 3.05) is 26.6 Å². The third-order valence-corrected chi connectivity index (χ3v) is 23.0. The van der Waals surface area contributed by atoms with Gasteiger partial charge in [-0.3, -0.25) is 33.8 Å². The maximum atomic E-state index is 13.1. The summed E-state index contributed by atoms with van der Waals surface area (Å²) in [7, 11) is 0. The molecule has 692 valence electrons. The number of carboxylic acids is 2. The van der Waals surface area contributed by atoms with Crippen LogP contribution in [0.25, 0.3) is 0 Å². The molecule has 12 rings (SSSR count). The first kappa shape index (κ1) is 109. The number of hydrogen-bond donors (Lipinski definition) is 13. The zero-order chi connectivity index (χ0) is 95.5. The molecule has 31 nitrogen and oxygen atoms in total. The molecular weight excluding hydrogens is 2000 g/mol. The van der Waals surface area contributed by atoms with E-state index >= 15 is 0 Å². The average Bonchev–Trinajstić information content (AvgIpc) is 0.890. The van der Waals surface area contributed by atoms with E-state index in [-0.39, 0.29) is 100 Å². The van der Waals surface area contributed by atoms with Crippen molar-refractivity contribution in [2.45, 2.75) is 84.4 Å². The molecule has 0 aliphatic heterocycles. The molecule has 55 heteroatoms. The number of carboxylic acid groups (broad SMARTS) is 2. The number of ketones is 1. The molecule has 0 bridgehead atoms. The van der Waals surface area contributed by atoms with Crippen molar-refractivity contribution >= 4 is 220 Å². The zero-order valence-electron chi connectivity index (χ0n) is 66.1. The summed E-state index contributed by atoms with van der Waals surface area (Å²) in [6, 6.07) is 14.8. The SMILES string of the molecule is CC(=NC(C)c1ncc(C(=O)Nc2ccc(Cl)c(C)c2)s1)c1ncc(C(=O)Nc2cc(C(F)(F)F)c(Cl)cn2)s1.CC(=O)c1ncc(C(=O)Nc2cc(C(F)(F)F)c(Cl)cn2)s1.CC(O)c1ncc(C(=O)Nc2cc(C(F)(F)F)c(Cl)cn2)s1.C[C@@H](N)c1ncc(C(=O)Nc2cc(C(F)(F)F)c(Cl)cn2)s1.N.N.O=C(O)c1cc(Cl)ccc1O.O=C(O)c1ccc(Cl)cc1O. The number of aliphatic hydroxyl groups is 1. The van der Waals surface area contributed by atoms with E-state index in [0.29, 0.717) is 75.6 Å². The van der Waals surface area contributed by atoms with Gasteiger partial charge in [0.05, 0.1) is 91.1 Å². The molecule has 0 saturated carbocycles. The molecule has 9 heterocycles.